The largest absolute Gasteiger partial charge is 0.235 e. The molecule has 0 aliphatic rings. The Morgan fingerprint density at radius 1 is 0.356 bits per heavy atom. The topological polar surface area (TPSA) is 38.7 Å². The lowest BCUT2D eigenvalue weighted by Gasteiger charge is -2.11. The van der Waals surface area contributed by atoms with Crippen LogP contribution >= 0.6 is 11.3 Å². The van der Waals surface area contributed by atoms with Crippen LogP contribution in [0, 0.1) is 0 Å². The van der Waals surface area contributed by atoms with Crippen molar-refractivity contribution in [1.29, 1.82) is 0 Å². The molecule has 8 aromatic rings. The molecule has 0 amide bonds. The van der Waals surface area contributed by atoms with Crippen LogP contribution in [0.5, 0.6) is 0 Å². The lowest BCUT2D eigenvalue weighted by atomic mass is 10.0. The van der Waals surface area contributed by atoms with E-state index in [0.717, 1.165) is 55.3 Å². The highest BCUT2D eigenvalue weighted by Gasteiger charge is 2.14. The molecule has 0 atom stereocenters. The SMILES string of the molecule is c1ccc(-c2ccc(-c3cc(-c4ccccc4)nc(-c4cccc(-c5cccc6sc(-c7ccccc7)nc56)c4)n3)cc2)cc1. The lowest BCUT2D eigenvalue weighted by molar-refractivity contribution is 1.18. The molecule has 0 spiro atoms. The molecule has 212 valence electrons. The van der Waals surface area contributed by atoms with Gasteiger partial charge in [0.15, 0.2) is 5.82 Å². The van der Waals surface area contributed by atoms with Crippen LogP contribution in [0.15, 0.2) is 164 Å². The first-order chi connectivity index (χ1) is 22.3. The second-order valence-electron chi connectivity index (χ2n) is 10.9. The summed E-state index contributed by atoms with van der Waals surface area (Å²) in [6, 6.07) is 56.7. The van der Waals surface area contributed by atoms with Crippen molar-refractivity contribution in [3.8, 4) is 66.7 Å². The first-order valence-electron chi connectivity index (χ1n) is 14.9. The average molecular weight is 594 g/mol. The fourth-order valence-electron chi connectivity index (χ4n) is 5.66. The molecule has 0 N–H and O–H groups in total. The van der Waals surface area contributed by atoms with Crippen molar-refractivity contribution >= 4 is 21.6 Å². The maximum atomic E-state index is 5.12. The zero-order chi connectivity index (χ0) is 30.0. The maximum Gasteiger partial charge on any atom is 0.160 e. The van der Waals surface area contributed by atoms with Gasteiger partial charge in [0.05, 0.1) is 21.6 Å². The third-order valence-electron chi connectivity index (χ3n) is 7.95. The Morgan fingerprint density at radius 2 is 0.867 bits per heavy atom. The van der Waals surface area contributed by atoms with E-state index in [1.807, 2.05) is 30.3 Å². The Balaban J connectivity index is 1.22. The number of rotatable bonds is 6. The molecular formula is C41H27N3S. The number of hydrogen-bond donors (Lipinski definition) is 0. The number of benzene rings is 6. The summed E-state index contributed by atoms with van der Waals surface area (Å²) in [5.41, 5.74) is 11.5. The van der Waals surface area contributed by atoms with E-state index < -0.39 is 0 Å². The van der Waals surface area contributed by atoms with E-state index in [0.29, 0.717) is 5.82 Å². The first kappa shape index (κ1) is 26.9. The summed E-state index contributed by atoms with van der Waals surface area (Å²) >= 11 is 1.72. The molecule has 0 radical (unpaired) electrons. The van der Waals surface area contributed by atoms with Crippen LogP contribution in [0.1, 0.15) is 0 Å². The van der Waals surface area contributed by atoms with Crippen LogP contribution in [-0.4, -0.2) is 15.0 Å². The monoisotopic (exact) mass is 593 g/mol. The summed E-state index contributed by atoms with van der Waals surface area (Å²) in [5, 5.41) is 1.02. The van der Waals surface area contributed by atoms with Gasteiger partial charge in [-0.15, -0.1) is 11.3 Å². The molecular weight excluding hydrogens is 567 g/mol. The van der Waals surface area contributed by atoms with Crippen LogP contribution in [0.25, 0.3) is 76.9 Å². The average Bonchev–Trinajstić information content (AvgIpc) is 3.58. The molecule has 3 nitrogen and oxygen atoms in total. The number of fused-ring (bicyclic) bond motifs is 1. The predicted molar refractivity (Wildman–Crippen MR) is 188 cm³/mol. The van der Waals surface area contributed by atoms with Crippen molar-refractivity contribution in [3.63, 3.8) is 0 Å². The Labute approximate surface area is 266 Å². The van der Waals surface area contributed by atoms with Crippen molar-refractivity contribution in [2.75, 3.05) is 0 Å². The second kappa shape index (κ2) is 11.8. The summed E-state index contributed by atoms with van der Waals surface area (Å²) < 4.78 is 1.17. The van der Waals surface area contributed by atoms with E-state index in [1.54, 1.807) is 11.3 Å². The quantitative estimate of drug-likeness (QED) is 0.192. The molecule has 0 bridgehead atoms. The van der Waals surface area contributed by atoms with Crippen molar-refractivity contribution in [2.45, 2.75) is 0 Å². The maximum absolute atomic E-state index is 5.12. The summed E-state index contributed by atoms with van der Waals surface area (Å²) in [7, 11) is 0. The second-order valence-corrected chi connectivity index (χ2v) is 11.9. The van der Waals surface area contributed by atoms with Gasteiger partial charge >= 0.3 is 0 Å². The fraction of sp³-hybridized carbons (Fsp3) is 0. The standard InChI is InChI=1S/C41H27N3S/c1-4-12-28(13-5-1)29-22-24-31(25-23-29)37-27-36(30-14-6-2-7-15-30)42-40(43-37)34-19-10-18-33(26-34)35-20-11-21-38-39(35)44-41(45-38)32-16-8-3-9-17-32/h1-27H. The van der Waals surface area contributed by atoms with Crippen molar-refractivity contribution in [1.82, 2.24) is 15.0 Å². The molecule has 6 aromatic carbocycles. The highest BCUT2D eigenvalue weighted by atomic mass is 32.1. The molecule has 0 fully saturated rings. The molecule has 4 heteroatoms. The van der Waals surface area contributed by atoms with Gasteiger partial charge in [-0.3, -0.25) is 0 Å². The summed E-state index contributed by atoms with van der Waals surface area (Å²) in [6.45, 7) is 0. The summed E-state index contributed by atoms with van der Waals surface area (Å²) in [5.74, 6) is 0.691. The third-order valence-corrected chi connectivity index (χ3v) is 9.02. The van der Waals surface area contributed by atoms with Crippen molar-refractivity contribution in [2.24, 2.45) is 0 Å². The van der Waals surface area contributed by atoms with Gasteiger partial charge in [-0.05, 0) is 34.9 Å². The normalized spacial score (nSPS) is 11.1. The van der Waals surface area contributed by atoms with E-state index >= 15 is 0 Å². The Bertz CT molecular complexity index is 2240. The number of hydrogen-bond acceptors (Lipinski definition) is 4. The Hall–Kier alpha value is -5.71. The predicted octanol–water partition coefficient (Wildman–Crippen LogP) is 11.1. The summed E-state index contributed by atoms with van der Waals surface area (Å²) in [6.07, 6.45) is 0. The van der Waals surface area contributed by atoms with Crippen LogP contribution < -0.4 is 0 Å². The fourth-order valence-corrected chi connectivity index (χ4v) is 6.65. The minimum atomic E-state index is 0.691. The third kappa shape index (κ3) is 5.44. The molecule has 2 aromatic heterocycles. The Kier molecular flexibility index (Phi) is 7.02. The van der Waals surface area contributed by atoms with Gasteiger partial charge in [0.25, 0.3) is 0 Å². The first-order valence-corrected chi connectivity index (χ1v) is 15.8. The molecule has 0 aliphatic carbocycles. The molecule has 0 saturated carbocycles. The summed E-state index contributed by atoms with van der Waals surface area (Å²) in [4.78, 5) is 15.3. The van der Waals surface area contributed by atoms with E-state index in [1.165, 1.54) is 15.8 Å². The van der Waals surface area contributed by atoms with E-state index in [-0.39, 0.29) is 0 Å². The zero-order valence-electron chi connectivity index (χ0n) is 24.3. The van der Waals surface area contributed by atoms with Gasteiger partial charge in [-0.1, -0.05) is 146 Å². The minimum Gasteiger partial charge on any atom is -0.235 e. The molecule has 45 heavy (non-hydrogen) atoms. The Morgan fingerprint density at radius 3 is 1.56 bits per heavy atom. The highest BCUT2D eigenvalue weighted by Crippen LogP contribution is 2.37. The smallest absolute Gasteiger partial charge is 0.160 e. The van der Waals surface area contributed by atoms with Gasteiger partial charge in [-0.25, -0.2) is 15.0 Å². The van der Waals surface area contributed by atoms with Crippen molar-refractivity contribution in [3.05, 3.63) is 164 Å². The van der Waals surface area contributed by atoms with Crippen LogP contribution in [0.4, 0.5) is 0 Å². The zero-order valence-corrected chi connectivity index (χ0v) is 25.2. The van der Waals surface area contributed by atoms with Crippen LogP contribution in [0.3, 0.4) is 0 Å². The number of thiazole rings is 1. The highest BCUT2D eigenvalue weighted by molar-refractivity contribution is 7.21. The number of para-hydroxylation sites is 1. The van der Waals surface area contributed by atoms with Gasteiger partial charge in [0, 0.05) is 27.8 Å². The van der Waals surface area contributed by atoms with E-state index in [4.69, 9.17) is 15.0 Å². The van der Waals surface area contributed by atoms with Gasteiger partial charge in [0.1, 0.15) is 5.01 Å². The molecule has 0 saturated heterocycles. The van der Waals surface area contributed by atoms with Crippen LogP contribution in [0.2, 0.25) is 0 Å². The number of nitrogens with zero attached hydrogens (tertiary/aromatic N) is 3. The minimum absolute atomic E-state index is 0.691. The van der Waals surface area contributed by atoms with Gasteiger partial charge < -0.3 is 0 Å². The number of aromatic nitrogens is 3. The molecule has 0 aliphatic heterocycles. The lowest BCUT2D eigenvalue weighted by Crippen LogP contribution is -1.96. The van der Waals surface area contributed by atoms with E-state index in [9.17, 15) is 0 Å². The van der Waals surface area contributed by atoms with Gasteiger partial charge in [0.2, 0.25) is 0 Å². The molecule has 2 heterocycles. The molecule has 0 unspecified atom stereocenters. The van der Waals surface area contributed by atoms with Gasteiger partial charge in [-0.2, -0.15) is 0 Å². The van der Waals surface area contributed by atoms with E-state index in [2.05, 4.69) is 133 Å². The van der Waals surface area contributed by atoms with Crippen molar-refractivity contribution < 1.29 is 0 Å². The molecule has 8 rings (SSSR count). The van der Waals surface area contributed by atoms with Crippen LogP contribution in [-0.2, 0) is 0 Å².